The number of nitrogens with zero attached hydrogens (tertiary/aromatic N) is 3. The fourth-order valence-electron chi connectivity index (χ4n) is 2.45. The smallest absolute Gasteiger partial charge is 0.244 e. The molecule has 1 rings (SSSR count). The second-order valence-electron chi connectivity index (χ2n) is 5.53. The van der Waals surface area contributed by atoms with Crippen LogP contribution in [0.15, 0.2) is 30.3 Å². The van der Waals surface area contributed by atoms with Crippen molar-refractivity contribution in [1.29, 1.82) is 0 Å². The van der Waals surface area contributed by atoms with E-state index in [1.807, 2.05) is 56.1 Å². The van der Waals surface area contributed by atoms with Gasteiger partial charge >= 0.3 is 0 Å². The highest BCUT2D eigenvalue weighted by molar-refractivity contribution is 5.84. The minimum Gasteiger partial charge on any atom is -0.347 e. The molecule has 0 aromatic heterocycles. The van der Waals surface area contributed by atoms with Crippen LogP contribution in [0.2, 0.25) is 0 Å². The van der Waals surface area contributed by atoms with Gasteiger partial charge in [0.15, 0.2) is 0 Å². The van der Waals surface area contributed by atoms with E-state index in [4.69, 9.17) is 0 Å². The number of carbonyl (C=O) groups is 2. The highest BCUT2D eigenvalue weighted by Crippen LogP contribution is 2.21. The Balaban J connectivity index is 2.97. The van der Waals surface area contributed by atoms with Crippen LogP contribution in [0.4, 0.5) is 0 Å². The van der Waals surface area contributed by atoms with Crippen molar-refractivity contribution < 1.29 is 9.59 Å². The molecule has 0 aliphatic heterocycles. The monoisotopic (exact) mass is 305 g/mol. The minimum absolute atomic E-state index is 0.0268. The van der Waals surface area contributed by atoms with Crippen LogP contribution >= 0.6 is 0 Å². The summed E-state index contributed by atoms with van der Waals surface area (Å²) >= 11 is 0. The molecule has 0 saturated carbocycles. The lowest BCUT2D eigenvalue weighted by Gasteiger charge is -2.31. The molecule has 0 spiro atoms. The van der Waals surface area contributed by atoms with E-state index >= 15 is 0 Å². The zero-order valence-corrected chi connectivity index (χ0v) is 14.2. The summed E-state index contributed by atoms with van der Waals surface area (Å²) in [5, 5.41) is 0. The Hall–Kier alpha value is -1.88. The Kier molecular flexibility index (Phi) is 7.05. The van der Waals surface area contributed by atoms with Gasteiger partial charge in [0.1, 0.15) is 6.04 Å². The van der Waals surface area contributed by atoms with Crippen LogP contribution in [0.25, 0.3) is 0 Å². The SMILES string of the molecule is CCN(CC)C(=O)CN(C)C(C(=O)N(C)C)c1ccccc1. The first-order valence-corrected chi connectivity index (χ1v) is 7.66. The molecule has 0 fully saturated rings. The summed E-state index contributed by atoms with van der Waals surface area (Å²) in [7, 11) is 5.29. The summed E-state index contributed by atoms with van der Waals surface area (Å²) < 4.78 is 0. The molecule has 22 heavy (non-hydrogen) atoms. The van der Waals surface area contributed by atoms with E-state index in [1.54, 1.807) is 23.9 Å². The summed E-state index contributed by atoms with van der Waals surface area (Å²) in [4.78, 5) is 30.0. The average molecular weight is 305 g/mol. The minimum atomic E-state index is -0.448. The zero-order valence-electron chi connectivity index (χ0n) is 14.2. The molecule has 1 aromatic carbocycles. The third-order valence-electron chi connectivity index (χ3n) is 3.73. The van der Waals surface area contributed by atoms with Gasteiger partial charge in [0.05, 0.1) is 6.54 Å². The highest BCUT2D eigenvalue weighted by Gasteiger charge is 2.28. The summed E-state index contributed by atoms with van der Waals surface area (Å²) in [6.45, 7) is 5.50. The number of amides is 2. The second kappa shape index (κ2) is 8.54. The van der Waals surface area contributed by atoms with E-state index in [0.29, 0.717) is 13.1 Å². The normalized spacial score (nSPS) is 12.1. The number of hydrogen-bond donors (Lipinski definition) is 0. The van der Waals surface area contributed by atoms with E-state index in [2.05, 4.69) is 0 Å². The van der Waals surface area contributed by atoms with Crippen LogP contribution in [0.5, 0.6) is 0 Å². The van der Waals surface area contributed by atoms with Crippen molar-refractivity contribution in [1.82, 2.24) is 14.7 Å². The van der Waals surface area contributed by atoms with Gasteiger partial charge in [-0.3, -0.25) is 14.5 Å². The first-order chi connectivity index (χ1) is 10.4. The fraction of sp³-hybridized carbons (Fsp3) is 0.529. The molecule has 0 aliphatic rings. The average Bonchev–Trinajstić information content (AvgIpc) is 2.49. The zero-order chi connectivity index (χ0) is 16.7. The molecule has 5 nitrogen and oxygen atoms in total. The van der Waals surface area contributed by atoms with Crippen molar-refractivity contribution in [2.45, 2.75) is 19.9 Å². The molecule has 1 unspecified atom stereocenters. The third kappa shape index (κ3) is 4.56. The lowest BCUT2D eigenvalue weighted by molar-refractivity contribution is -0.137. The Bertz CT molecular complexity index is 484. The number of benzene rings is 1. The molecule has 1 atom stereocenters. The summed E-state index contributed by atoms with van der Waals surface area (Å²) in [5.41, 5.74) is 0.899. The molecule has 0 heterocycles. The van der Waals surface area contributed by atoms with Crippen LogP contribution in [0.3, 0.4) is 0 Å². The van der Waals surface area contributed by atoms with Crippen molar-refractivity contribution >= 4 is 11.8 Å². The van der Waals surface area contributed by atoms with E-state index in [-0.39, 0.29) is 18.4 Å². The first kappa shape index (κ1) is 18.2. The molecule has 1 aromatic rings. The molecule has 5 heteroatoms. The van der Waals surface area contributed by atoms with Gasteiger partial charge in [0.25, 0.3) is 0 Å². The van der Waals surface area contributed by atoms with Crippen molar-refractivity contribution in [3.05, 3.63) is 35.9 Å². The van der Waals surface area contributed by atoms with Crippen molar-refractivity contribution in [3.8, 4) is 0 Å². The Morgan fingerprint density at radius 2 is 1.55 bits per heavy atom. The largest absolute Gasteiger partial charge is 0.347 e. The van der Waals surface area contributed by atoms with Crippen molar-refractivity contribution in [3.63, 3.8) is 0 Å². The summed E-state index contributed by atoms with van der Waals surface area (Å²) in [6.07, 6.45) is 0. The molecule has 2 amide bonds. The second-order valence-corrected chi connectivity index (χ2v) is 5.53. The van der Waals surface area contributed by atoms with E-state index in [0.717, 1.165) is 5.56 Å². The predicted molar refractivity (Wildman–Crippen MR) is 88.4 cm³/mol. The van der Waals surface area contributed by atoms with Gasteiger partial charge in [-0.25, -0.2) is 0 Å². The third-order valence-corrected chi connectivity index (χ3v) is 3.73. The molecule has 0 N–H and O–H groups in total. The topological polar surface area (TPSA) is 43.9 Å². The van der Waals surface area contributed by atoms with Crippen molar-refractivity contribution in [2.75, 3.05) is 40.8 Å². The first-order valence-electron chi connectivity index (χ1n) is 7.66. The Morgan fingerprint density at radius 1 is 1.00 bits per heavy atom. The predicted octanol–water partition coefficient (Wildman–Crippen LogP) is 1.62. The van der Waals surface area contributed by atoms with Crippen LogP contribution in [-0.4, -0.2) is 67.3 Å². The number of rotatable bonds is 7. The van der Waals surface area contributed by atoms with Gasteiger partial charge in [-0.15, -0.1) is 0 Å². The molecule has 0 aliphatic carbocycles. The number of hydrogen-bond acceptors (Lipinski definition) is 3. The van der Waals surface area contributed by atoms with Gasteiger partial charge in [0.2, 0.25) is 11.8 Å². The number of carbonyl (C=O) groups excluding carboxylic acids is 2. The van der Waals surface area contributed by atoms with E-state index in [9.17, 15) is 9.59 Å². The fourth-order valence-corrected chi connectivity index (χ4v) is 2.45. The van der Waals surface area contributed by atoms with Gasteiger partial charge in [-0.2, -0.15) is 0 Å². The molecular weight excluding hydrogens is 278 g/mol. The maximum absolute atomic E-state index is 12.5. The summed E-state index contributed by atoms with van der Waals surface area (Å²) in [5.74, 6) is 0.0148. The van der Waals surface area contributed by atoms with Gasteiger partial charge in [-0.1, -0.05) is 30.3 Å². The van der Waals surface area contributed by atoms with Gasteiger partial charge < -0.3 is 9.80 Å². The maximum atomic E-state index is 12.5. The molecule has 122 valence electrons. The van der Waals surface area contributed by atoms with Crippen LogP contribution in [-0.2, 0) is 9.59 Å². The Morgan fingerprint density at radius 3 is 2.00 bits per heavy atom. The lowest BCUT2D eigenvalue weighted by atomic mass is 10.0. The molecule has 0 radical (unpaired) electrons. The molecule has 0 bridgehead atoms. The summed E-state index contributed by atoms with van der Waals surface area (Å²) in [6, 6.07) is 9.13. The maximum Gasteiger partial charge on any atom is 0.244 e. The molecule has 0 saturated heterocycles. The highest BCUT2D eigenvalue weighted by atomic mass is 16.2. The van der Waals surface area contributed by atoms with Crippen LogP contribution < -0.4 is 0 Å². The van der Waals surface area contributed by atoms with E-state index < -0.39 is 6.04 Å². The van der Waals surface area contributed by atoms with Gasteiger partial charge in [-0.05, 0) is 26.5 Å². The number of likely N-dealkylation sites (N-methyl/N-ethyl adjacent to an activating group) is 3. The van der Waals surface area contributed by atoms with Crippen LogP contribution in [0.1, 0.15) is 25.5 Å². The lowest BCUT2D eigenvalue weighted by Crippen LogP contribution is -2.44. The standard InChI is InChI=1S/C17H27N3O2/c1-6-20(7-2)15(21)13-19(5)16(17(22)18(3)4)14-11-9-8-10-12-14/h8-12,16H,6-7,13H2,1-5H3. The Labute approximate surface area is 133 Å². The quantitative estimate of drug-likeness (QED) is 0.769. The molecular formula is C17H27N3O2. The van der Waals surface area contributed by atoms with E-state index in [1.165, 1.54) is 0 Å². The van der Waals surface area contributed by atoms with Gasteiger partial charge in [0, 0.05) is 27.2 Å². The van der Waals surface area contributed by atoms with Crippen molar-refractivity contribution in [2.24, 2.45) is 0 Å². The van der Waals surface area contributed by atoms with Crippen LogP contribution in [0, 0.1) is 0 Å².